The summed E-state index contributed by atoms with van der Waals surface area (Å²) in [6, 6.07) is 1.93. The quantitative estimate of drug-likeness (QED) is 0.776. The molecule has 0 spiro atoms. The number of halogens is 2. The Hall–Kier alpha value is -1.13. The normalized spacial score (nSPS) is 11.1. The number of nitrogens with zero attached hydrogens (tertiary/aromatic N) is 4. The Bertz CT molecular complexity index is 507. The van der Waals surface area contributed by atoms with Crippen molar-refractivity contribution in [2.75, 3.05) is 0 Å². The first-order valence-corrected chi connectivity index (χ1v) is 5.57. The van der Waals surface area contributed by atoms with E-state index in [0.717, 1.165) is 5.69 Å². The minimum absolute atomic E-state index is 0.154. The van der Waals surface area contributed by atoms with Gasteiger partial charge in [-0.15, -0.1) is 0 Å². The summed E-state index contributed by atoms with van der Waals surface area (Å²) in [7, 11) is 0. The molecule has 0 bridgehead atoms. The average Bonchev–Trinajstić information content (AvgIpc) is 2.70. The highest BCUT2D eigenvalue weighted by Gasteiger charge is 2.09. The smallest absolute Gasteiger partial charge is 0.224 e. The molecule has 84 valence electrons. The first-order valence-electron chi connectivity index (χ1n) is 4.82. The number of hydrogen-bond donors (Lipinski definition) is 0. The molecule has 16 heavy (non-hydrogen) atoms. The third kappa shape index (κ3) is 2.18. The molecule has 2 aromatic rings. The van der Waals surface area contributed by atoms with Gasteiger partial charge in [-0.25, -0.2) is 9.67 Å². The van der Waals surface area contributed by atoms with Crippen LogP contribution in [-0.4, -0.2) is 19.7 Å². The Balaban J connectivity index is 2.46. The van der Waals surface area contributed by atoms with Crippen LogP contribution in [0.15, 0.2) is 18.5 Å². The van der Waals surface area contributed by atoms with E-state index in [1.54, 1.807) is 10.9 Å². The summed E-state index contributed by atoms with van der Waals surface area (Å²) in [6.45, 7) is 4.14. The van der Waals surface area contributed by atoms with Crippen molar-refractivity contribution in [3.05, 3.63) is 34.5 Å². The van der Waals surface area contributed by atoms with Crippen LogP contribution in [0.2, 0.25) is 10.3 Å². The van der Waals surface area contributed by atoms with E-state index in [4.69, 9.17) is 23.2 Å². The highest BCUT2D eigenvalue weighted by Crippen LogP contribution is 2.19. The number of aromatic nitrogens is 4. The second kappa shape index (κ2) is 4.39. The predicted molar refractivity (Wildman–Crippen MR) is 63.3 cm³/mol. The van der Waals surface area contributed by atoms with E-state index in [1.807, 2.05) is 6.07 Å². The largest absolute Gasteiger partial charge is 0.225 e. The van der Waals surface area contributed by atoms with E-state index in [2.05, 4.69) is 28.9 Å². The van der Waals surface area contributed by atoms with E-state index in [1.165, 1.54) is 6.20 Å². The topological polar surface area (TPSA) is 43.6 Å². The third-order valence-electron chi connectivity index (χ3n) is 2.11. The van der Waals surface area contributed by atoms with Crippen LogP contribution < -0.4 is 0 Å². The summed E-state index contributed by atoms with van der Waals surface area (Å²) in [6.07, 6.45) is 3.27. The molecule has 0 aliphatic carbocycles. The second-order valence-electron chi connectivity index (χ2n) is 3.65. The molecule has 2 rings (SSSR count). The molecule has 0 N–H and O–H groups in total. The molecule has 6 heteroatoms. The van der Waals surface area contributed by atoms with Crippen LogP contribution in [0.3, 0.4) is 0 Å². The molecular weight excluding hydrogens is 247 g/mol. The summed E-state index contributed by atoms with van der Waals surface area (Å²) in [4.78, 5) is 7.83. The SMILES string of the molecule is CC(C)c1ccn(-c2nc(Cl)ncc2Cl)n1. The van der Waals surface area contributed by atoms with Crippen molar-refractivity contribution in [2.24, 2.45) is 0 Å². The van der Waals surface area contributed by atoms with Gasteiger partial charge in [0.2, 0.25) is 5.28 Å². The maximum Gasteiger partial charge on any atom is 0.224 e. The van der Waals surface area contributed by atoms with E-state index in [-0.39, 0.29) is 5.28 Å². The van der Waals surface area contributed by atoms with Crippen LogP contribution >= 0.6 is 23.2 Å². The zero-order valence-corrected chi connectivity index (χ0v) is 10.4. The van der Waals surface area contributed by atoms with E-state index in [9.17, 15) is 0 Å². The van der Waals surface area contributed by atoms with E-state index >= 15 is 0 Å². The highest BCUT2D eigenvalue weighted by molar-refractivity contribution is 6.32. The van der Waals surface area contributed by atoms with Crippen LogP contribution in [0.4, 0.5) is 0 Å². The molecule has 0 unspecified atom stereocenters. The van der Waals surface area contributed by atoms with Crippen molar-refractivity contribution in [3.63, 3.8) is 0 Å². The monoisotopic (exact) mass is 256 g/mol. The summed E-state index contributed by atoms with van der Waals surface area (Å²) in [5, 5.41) is 4.94. The molecule has 0 aliphatic heterocycles. The van der Waals surface area contributed by atoms with Gasteiger partial charge >= 0.3 is 0 Å². The van der Waals surface area contributed by atoms with Gasteiger partial charge in [0.1, 0.15) is 5.02 Å². The average molecular weight is 257 g/mol. The number of hydrogen-bond acceptors (Lipinski definition) is 3. The third-order valence-corrected chi connectivity index (χ3v) is 2.56. The van der Waals surface area contributed by atoms with Gasteiger partial charge in [0.05, 0.1) is 11.9 Å². The predicted octanol–water partition coefficient (Wildman–Crippen LogP) is 3.09. The summed E-state index contributed by atoms with van der Waals surface area (Å²) < 4.78 is 1.60. The fourth-order valence-corrected chi connectivity index (χ4v) is 1.57. The lowest BCUT2D eigenvalue weighted by atomic mass is 10.1. The molecule has 0 aliphatic rings. The Labute approximate surface area is 103 Å². The maximum absolute atomic E-state index is 5.98. The molecule has 2 aromatic heterocycles. The van der Waals surface area contributed by atoms with Gasteiger partial charge in [-0.2, -0.15) is 10.1 Å². The Kier molecular flexibility index (Phi) is 3.12. The molecule has 0 atom stereocenters. The summed E-state index contributed by atoms with van der Waals surface area (Å²) in [5.74, 6) is 0.853. The van der Waals surface area contributed by atoms with Crippen LogP contribution in [0.5, 0.6) is 0 Å². The Morgan fingerprint density at radius 3 is 2.69 bits per heavy atom. The molecule has 0 saturated carbocycles. The zero-order chi connectivity index (χ0) is 11.7. The molecular formula is C10H10Cl2N4. The van der Waals surface area contributed by atoms with Crippen molar-refractivity contribution in [1.29, 1.82) is 0 Å². The lowest BCUT2D eigenvalue weighted by molar-refractivity contribution is 0.756. The minimum Gasteiger partial charge on any atom is -0.225 e. The van der Waals surface area contributed by atoms with Crippen LogP contribution in [0.25, 0.3) is 5.82 Å². The van der Waals surface area contributed by atoms with Crippen molar-refractivity contribution < 1.29 is 0 Å². The molecule has 0 aromatic carbocycles. The van der Waals surface area contributed by atoms with Crippen LogP contribution in [-0.2, 0) is 0 Å². The highest BCUT2D eigenvalue weighted by atomic mass is 35.5. The second-order valence-corrected chi connectivity index (χ2v) is 4.40. The Morgan fingerprint density at radius 1 is 1.31 bits per heavy atom. The standard InChI is InChI=1S/C10H10Cl2N4/c1-6(2)8-3-4-16(15-8)9-7(11)5-13-10(12)14-9/h3-6H,1-2H3. The van der Waals surface area contributed by atoms with Crippen LogP contribution in [0.1, 0.15) is 25.5 Å². The molecule has 0 saturated heterocycles. The lowest BCUT2D eigenvalue weighted by Gasteiger charge is -2.03. The van der Waals surface area contributed by atoms with Gasteiger partial charge in [0.15, 0.2) is 5.82 Å². The van der Waals surface area contributed by atoms with Gasteiger partial charge in [-0.05, 0) is 23.6 Å². The first-order chi connectivity index (χ1) is 7.58. The van der Waals surface area contributed by atoms with E-state index in [0.29, 0.717) is 16.8 Å². The molecule has 0 radical (unpaired) electrons. The minimum atomic E-state index is 0.154. The fraction of sp³-hybridized carbons (Fsp3) is 0.300. The first kappa shape index (κ1) is 11.4. The van der Waals surface area contributed by atoms with Crippen LogP contribution in [0, 0.1) is 0 Å². The van der Waals surface area contributed by atoms with Crippen molar-refractivity contribution in [2.45, 2.75) is 19.8 Å². The molecule has 0 amide bonds. The summed E-state index contributed by atoms with van der Waals surface area (Å²) in [5.41, 5.74) is 0.978. The van der Waals surface area contributed by atoms with Gasteiger partial charge in [0.25, 0.3) is 0 Å². The number of rotatable bonds is 2. The Morgan fingerprint density at radius 2 is 2.06 bits per heavy atom. The molecule has 2 heterocycles. The molecule has 0 fully saturated rings. The molecule has 4 nitrogen and oxygen atoms in total. The van der Waals surface area contributed by atoms with Gasteiger partial charge < -0.3 is 0 Å². The fourth-order valence-electron chi connectivity index (χ4n) is 1.26. The van der Waals surface area contributed by atoms with Gasteiger partial charge in [0, 0.05) is 6.20 Å². The lowest BCUT2D eigenvalue weighted by Crippen LogP contribution is -2.02. The van der Waals surface area contributed by atoms with E-state index < -0.39 is 0 Å². The maximum atomic E-state index is 5.98. The van der Waals surface area contributed by atoms with Crippen molar-refractivity contribution in [3.8, 4) is 5.82 Å². The van der Waals surface area contributed by atoms with Crippen molar-refractivity contribution >= 4 is 23.2 Å². The zero-order valence-electron chi connectivity index (χ0n) is 8.85. The van der Waals surface area contributed by atoms with Gasteiger partial charge in [-0.3, -0.25) is 0 Å². The van der Waals surface area contributed by atoms with Crippen molar-refractivity contribution in [1.82, 2.24) is 19.7 Å². The van der Waals surface area contributed by atoms with Gasteiger partial charge in [-0.1, -0.05) is 25.4 Å². The summed E-state index contributed by atoms with van der Waals surface area (Å²) >= 11 is 11.7.